The highest BCUT2D eigenvalue weighted by Crippen LogP contribution is 2.26. The minimum atomic E-state index is -0.0499. The van der Waals surface area contributed by atoms with Gasteiger partial charge in [0.2, 0.25) is 0 Å². The van der Waals surface area contributed by atoms with Gasteiger partial charge in [-0.05, 0) is 35.4 Å². The molecule has 0 bridgehead atoms. The fourth-order valence-electron chi connectivity index (χ4n) is 2.83. The van der Waals surface area contributed by atoms with Gasteiger partial charge in [0.05, 0.1) is 17.4 Å². The van der Waals surface area contributed by atoms with E-state index in [0.717, 1.165) is 11.1 Å². The molecule has 4 nitrogen and oxygen atoms in total. The largest absolute Gasteiger partial charge is 0.283 e. The number of pyridine rings is 1. The number of hydrogen-bond acceptors (Lipinski definition) is 4. The first kappa shape index (κ1) is 17.8. The molecule has 0 N–H and O–H groups in total. The Labute approximate surface area is 165 Å². The van der Waals surface area contributed by atoms with Crippen molar-refractivity contribution in [1.82, 2.24) is 14.5 Å². The fraction of sp³-hybridized carbons (Fsp3) is 0.0952. The third-order valence-electron chi connectivity index (χ3n) is 4.20. The van der Waals surface area contributed by atoms with Gasteiger partial charge in [-0.3, -0.25) is 14.3 Å². The monoisotopic (exact) mass is 393 g/mol. The van der Waals surface area contributed by atoms with E-state index in [1.54, 1.807) is 17.0 Å². The van der Waals surface area contributed by atoms with Crippen LogP contribution in [-0.4, -0.2) is 14.5 Å². The van der Waals surface area contributed by atoms with E-state index in [-0.39, 0.29) is 5.56 Å². The van der Waals surface area contributed by atoms with Gasteiger partial charge in [0.25, 0.3) is 5.56 Å². The van der Waals surface area contributed by atoms with Crippen LogP contribution in [0.3, 0.4) is 0 Å². The maximum absolute atomic E-state index is 13.1. The molecule has 27 heavy (non-hydrogen) atoms. The van der Waals surface area contributed by atoms with Crippen LogP contribution in [0.25, 0.3) is 10.9 Å². The zero-order valence-corrected chi connectivity index (χ0v) is 16.0. The summed E-state index contributed by atoms with van der Waals surface area (Å²) in [4.78, 5) is 22.0. The molecule has 0 aliphatic heterocycles. The van der Waals surface area contributed by atoms with Crippen LogP contribution in [0.5, 0.6) is 0 Å². The van der Waals surface area contributed by atoms with Crippen molar-refractivity contribution in [2.75, 3.05) is 0 Å². The minimum Gasteiger partial charge on any atom is -0.283 e. The topological polar surface area (TPSA) is 47.8 Å². The van der Waals surface area contributed by atoms with Crippen LogP contribution >= 0.6 is 23.4 Å². The van der Waals surface area contributed by atoms with Crippen LogP contribution in [-0.2, 0) is 12.3 Å². The smallest absolute Gasteiger partial charge is 0.262 e. The molecule has 0 aliphatic carbocycles. The summed E-state index contributed by atoms with van der Waals surface area (Å²) in [7, 11) is 0. The first-order valence-electron chi connectivity index (χ1n) is 8.47. The van der Waals surface area contributed by atoms with E-state index in [2.05, 4.69) is 4.98 Å². The average molecular weight is 394 g/mol. The van der Waals surface area contributed by atoms with Gasteiger partial charge in [0, 0.05) is 23.2 Å². The molecular formula is C21H16ClN3OS. The summed E-state index contributed by atoms with van der Waals surface area (Å²) in [5.41, 5.74) is 2.62. The van der Waals surface area contributed by atoms with Crippen LogP contribution in [0.2, 0.25) is 5.02 Å². The van der Waals surface area contributed by atoms with Crippen molar-refractivity contribution in [3.05, 3.63) is 99.6 Å². The van der Waals surface area contributed by atoms with Gasteiger partial charge in [0.1, 0.15) is 0 Å². The van der Waals surface area contributed by atoms with E-state index in [0.29, 0.717) is 33.4 Å². The maximum Gasteiger partial charge on any atom is 0.262 e. The molecule has 4 aromatic rings. The second-order valence-electron chi connectivity index (χ2n) is 6.04. The second kappa shape index (κ2) is 7.94. The quantitative estimate of drug-likeness (QED) is 0.361. The zero-order chi connectivity index (χ0) is 18.6. The van der Waals surface area contributed by atoms with Gasteiger partial charge >= 0.3 is 0 Å². The predicted molar refractivity (Wildman–Crippen MR) is 110 cm³/mol. The molecule has 134 valence electrons. The lowest BCUT2D eigenvalue weighted by molar-refractivity contribution is 0.656. The number of halogens is 1. The number of benzene rings is 2. The molecule has 0 amide bonds. The Morgan fingerprint density at radius 1 is 1.00 bits per heavy atom. The summed E-state index contributed by atoms with van der Waals surface area (Å²) in [6, 6.07) is 19.0. The summed E-state index contributed by atoms with van der Waals surface area (Å²) >= 11 is 7.79. The standard InChI is InChI=1S/C21H16ClN3OS/c22-18-9-3-1-7-16(18)14-27-21-24-19-10-4-2-8-17(19)20(26)25(21)13-15-6-5-11-23-12-15/h1-12H,13-14H2. The van der Waals surface area contributed by atoms with Gasteiger partial charge in [-0.15, -0.1) is 0 Å². The molecule has 0 spiro atoms. The molecule has 0 atom stereocenters. The third-order valence-corrected chi connectivity index (χ3v) is 5.60. The molecule has 0 radical (unpaired) electrons. The van der Waals surface area contributed by atoms with Crippen LogP contribution in [0.4, 0.5) is 0 Å². The molecule has 4 rings (SSSR count). The summed E-state index contributed by atoms with van der Waals surface area (Å²) < 4.78 is 1.71. The third kappa shape index (κ3) is 3.89. The Bertz CT molecular complexity index is 1140. The first-order valence-corrected chi connectivity index (χ1v) is 9.83. The molecule has 0 saturated heterocycles. The summed E-state index contributed by atoms with van der Waals surface area (Å²) in [6.07, 6.45) is 3.49. The highest BCUT2D eigenvalue weighted by atomic mass is 35.5. The molecule has 0 aliphatic rings. The number of rotatable bonds is 5. The predicted octanol–water partition coefficient (Wildman–Crippen LogP) is 4.79. The lowest BCUT2D eigenvalue weighted by Crippen LogP contribution is -2.24. The van der Waals surface area contributed by atoms with E-state index in [1.165, 1.54) is 11.8 Å². The second-order valence-corrected chi connectivity index (χ2v) is 7.39. The van der Waals surface area contributed by atoms with E-state index in [4.69, 9.17) is 16.6 Å². The van der Waals surface area contributed by atoms with Crippen molar-refractivity contribution < 1.29 is 0 Å². The summed E-state index contributed by atoms with van der Waals surface area (Å²) in [5, 5.41) is 2.00. The number of hydrogen-bond donors (Lipinski definition) is 0. The molecule has 0 unspecified atom stereocenters. The summed E-state index contributed by atoms with van der Waals surface area (Å²) in [6.45, 7) is 0.426. The van der Waals surface area contributed by atoms with Crippen LogP contribution in [0.15, 0.2) is 83.0 Å². The molecule has 0 saturated carbocycles. The van der Waals surface area contributed by atoms with E-state index < -0.39 is 0 Å². The van der Waals surface area contributed by atoms with Crippen molar-refractivity contribution in [3.63, 3.8) is 0 Å². The Morgan fingerprint density at radius 2 is 1.81 bits per heavy atom. The Morgan fingerprint density at radius 3 is 2.63 bits per heavy atom. The van der Waals surface area contributed by atoms with Gasteiger partial charge in [-0.25, -0.2) is 4.98 Å². The molecular weight excluding hydrogens is 378 g/mol. The summed E-state index contributed by atoms with van der Waals surface area (Å²) in [5.74, 6) is 0.636. The van der Waals surface area contributed by atoms with Crippen LogP contribution in [0.1, 0.15) is 11.1 Å². The lowest BCUT2D eigenvalue weighted by Gasteiger charge is -2.13. The van der Waals surface area contributed by atoms with Crippen molar-refractivity contribution in [1.29, 1.82) is 0 Å². The van der Waals surface area contributed by atoms with Crippen molar-refractivity contribution in [2.45, 2.75) is 17.5 Å². The number of fused-ring (bicyclic) bond motifs is 1. The maximum atomic E-state index is 13.1. The SMILES string of the molecule is O=c1c2ccccc2nc(SCc2ccccc2Cl)n1Cc1cccnc1. The average Bonchev–Trinajstić information content (AvgIpc) is 2.71. The first-order chi connectivity index (χ1) is 13.2. The van der Waals surface area contributed by atoms with E-state index in [1.807, 2.05) is 60.7 Å². The van der Waals surface area contributed by atoms with E-state index >= 15 is 0 Å². The Balaban J connectivity index is 1.76. The number of aromatic nitrogens is 3. The van der Waals surface area contributed by atoms with E-state index in [9.17, 15) is 4.79 Å². The molecule has 0 fully saturated rings. The lowest BCUT2D eigenvalue weighted by atomic mass is 10.2. The van der Waals surface area contributed by atoms with Crippen molar-refractivity contribution in [3.8, 4) is 0 Å². The highest BCUT2D eigenvalue weighted by Gasteiger charge is 2.13. The van der Waals surface area contributed by atoms with Gasteiger partial charge in [-0.1, -0.05) is 59.8 Å². The zero-order valence-electron chi connectivity index (χ0n) is 14.4. The molecule has 6 heteroatoms. The molecule has 2 aromatic heterocycles. The van der Waals surface area contributed by atoms with Crippen LogP contribution < -0.4 is 5.56 Å². The number of thioether (sulfide) groups is 1. The number of para-hydroxylation sites is 1. The van der Waals surface area contributed by atoms with Gasteiger partial charge < -0.3 is 0 Å². The van der Waals surface area contributed by atoms with Gasteiger partial charge in [0.15, 0.2) is 5.16 Å². The number of nitrogens with zero attached hydrogens (tertiary/aromatic N) is 3. The van der Waals surface area contributed by atoms with Crippen LogP contribution in [0, 0.1) is 0 Å². The normalized spacial score (nSPS) is 11.0. The van der Waals surface area contributed by atoms with Crippen molar-refractivity contribution in [2.24, 2.45) is 0 Å². The van der Waals surface area contributed by atoms with Gasteiger partial charge in [-0.2, -0.15) is 0 Å². The highest BCUT2D eigenvalue weighted by molar-refractivity contribution is 7.98. The Hall–Kier alpha value is -2.63. The van der Waals surface area contributed by atoms with Crippen molar-refractivity contribution >= 4 is 34.3 Å². The molecule has 2 aromatic carbocycles. The minimum absolute atomic E-state index is 0.0499. The molecule has 2 heterocycles. The fourth-order valence-corrected chi connectivity index (χ4v) is 4.11. The Kier molecular flexibility index (Phi) is 5.23.